The molecule has 0 spiro atoms. The summed E-state index contributed by atoms with van der Waals surface area (Å²) in [6, 6.07) is 8.33. The predicted molar refractivity (Wildman–Crippen MR) is 93.5 cm³/mol. The zero-order valence-corrected chi connectivity index (χ0v) is 14.5. The molecule has 1 fully saturated rings. The highest BCUT2D eigenvalue weighted by Crippen LogP contribution is 2.20. The van der Waals surface area contributed by atoms with Crippen molar-refractivity contribution >= 4 is 5.91 Å². The molecule has 1 atom stereocenters. The largest absolute Gasteiger partial charge is 0.494 e. The summed E-state index contributed by atoms with van der Waals surface area (Å²) in [5.41, 5.74) is 7.14. The number of amides is 1. The van der Waals surface area contributed by atoms with Crippen molar-refractivity contribution in [2.24, 2.45) is 11.7 Å². The van der Waals surface area contributed by atoms with Crippen molar-refractivity contribution in [3.05, 3.63) is 29.8 Å². The highest BCUT2D eigenvalue weighted by Gasteiger charge is 2.24. The first-order chi connectivity index (χ1) is 11.1. The van der Waals surface area contributed by atoms with Gasteiger partial charge < -0.3 is 15.4 Å². The minimum Gasteiger partial charge on any atom is -0.494 e. The van der Waals surface area contributed by atoms with Gasteiger partial charge in [0, 0.05) is 25.6 Å². The number of rotatable bonds is 7. The Morgan fingerprint density at radius 2 is 1.96 bits per heavy atom. The Morgan fingerprint density at radius 3 is 2.52 bits per heavy atom. The third-order valence-electron chi connectivity index (χ3n) is 4.66. The number of carbonyl (C=O) groups is 1. The summed E-state index contributed by atoms with van der Waals surface area (Å²) in [5, 5.41) is 0. The van der Waals surface area contributed by atoms with Crippen LogP contribution in [-0.4, -0.2) is 36.5 Å². The third kappa shape index (κ3) is 5.54. The van der Waals surface area contributed by atoms with Crippen molar-refractivity contribution in [1.29, 1.82) is 0 Å². The molecule has 1 saturated heterocycles. The lowest BCUT2D eigenvalue weighted by Gasteiger charge is -2.33. The second-order valence-corrected chi connectivity index (χ2v) is 6.57. The van der Waals surface area contributed by atoms with E-state index in [-0.39, 0.29) is 11.9 Å². The van der Waals surface area contributed by atoms with Crippen molar-refractivity contribution in [2.45, 2.75) is 52.0 Å². The van der Waals surface area contributed by atoms with Crippen molar-refractivity contribution in [3.8, 4) is 5.75 Å². The molecule has 1 unspecified atom stereocenters. The van der Waals surface area contributed by atoms with E-state index in [2.05, 4.69) is 26.0 Å². The second-order valence-electron chi connectivity index (χ2n) is 6.57. The van der Waals surface area contributed by atoms with Gasteiger partial charge in [0.15, 0.2) is 0 Å². The maximum absolute atomic E-state index is 12.3. The first-order valence-electron chi connectivity index (χ1n) is 8.85. The Kier molecular flexibility index (Phi) is 6.90. The summed E-state index contributed by atoms with van der Waals surface area (Å²) in [4.78, 5) is 14.3. The number of ether oxygens (including phenoxy) is 1. The van der Waals surface area contributed by atoms with E-state index < -0.39 is 0 Å². The summed E-state index contributed by atoms with van der Waals surface area (Å²) in [7, 11) is 0. The number of aryl methyl sites for hydroxylation is 1. The highest BCUT2D eigenvalue weighted by molar-refractivity contribution is 5.76. The summed E-state index contributed by atoms with van der Waals surface area (Å²) in [5.74, 6) is 1.73. The molecule has 0 aromatic heterocycles. The fraction of sp³-hybridized carbons (Fsp3) is 0.632. The van der Waals surface area contributed by atoms with Crippen LogP contribution in [0, 0.1) is 5.92 Å². The summed E-state index contributed by atoms with van der Waals surface area (Å²) in [6.45, 7) is 6.62. The van der Waals surface area contributed by atoms with E-state index in [1.54, 1.807) is 0 Å². The molecule has 0 aliphatic carbocycles. The molecule has 23 heavy (non-hydrogen) atoms. The molecule has 0 bridgehead atoms. The Bertz CT molecular complexity index is 477. The molecule has 2 rings (SSSR count). The number of hydrogen-bond donors (Lipinski definition) is 1. The predicted octanol–water partition coefficient (Wildman–Crippen LogP) is 2.99. The Morgan fingerprint density at radius 1 is 1.30 bits per heavy atom. The van der Waals surface area contributed by atoms with Gasteiger partial charge in [-0.25, -0.2) is 0 Å². The fourth-order valence-corrected chi connectivity index (χ4v) is 3.06. The lowest BCUT2D eigenvalue weighted by molar-refractivity contribution is -0.132. The van der Waals surface area contributed by atoms with Gasteiger partial charge in [0.25, 0.3) is 0 Å². The van der Waals surface area contributed by atoms with Crippen LogP contribution in [0.15, 0.2) is 24.3 Å². The van der Waals surface area contributed by atoms with Crippen LogP contribution in [0.5, 0.6) is 5.75 Å². The van der Waals surface area contributed by atoms with E-state index in [0.29, 0.717) is 12.3 Å². The van der Waals surface area contributed by atoms with Gasteiger partial charge in [-0.15, -0.1) is 0 Å². The van der Waals surface area contributed by atoms with Crippen LogP contribution >= 0.6 is 0 Å². The van der Waals surface area contributed by atoms with E-state index in [0.717, 1.165) is 51.1 Å². The van der Waals surface area contributed by atoms with Gasteiger partial charge in [0.1, 0.15) is 5.75 Å². The average molecular weight is 318 g/mol. The van der Waals surface area contributed by atoms with Crippen molar-refractivity contribution in [1.82, 2.24) is 4.90 Å². The van der Waals surface area contributed by atoms with Crippen molar-refractivity contribution in [3.63, 3.8) is 0 Å². The number of piperidine rings is 1. The van der Waals surface area contributed by atoms with Gasteiger partial charge in [0.2, 0.25) is 5.91 Å². The minimum absolute atomic E-state index is 0.237. The van der Waals surface area contributed by atoms with Crippen LogP contribution in [0.4, 0.5) is 0 Å². The van der Waals surface area contributed by atoms with Gasteiger partial charge in [-0.1, -0.05) is 19.1 Å². The van der Waals surface area contributed by atoms with Crippen molar-refractivity contribution < 1.29 is 9.53 Å². The Hall–Kier alpha value is -1.55. The summed E-state index contributed by atoms with van der Waals surface area (Å²) < 4.78 is 5.57. The zero-order valence-electron chi connectivity index (χ0n) is 14.5. The van der Waals surface area contributed by atoms with Crippen LogP contribution in [0.25, 0.3) is 0 Å². The number of carbonyl (C=O) groups excluding carboxylic acids is 1. The van der Waals surface area contributed by atoms with E-state index in [1.807, 2.05) is 17.0 Å². The van der Waals surface area contributed by atoms with Gasteiger partial charge in [-0.3, -0.25) is 4.79 Å². The summed E-state index contributed by atoms with van der Waals surface area (Å²) in [6.07, 6.45) is 4.45. The number of nitrogens with zero attached hydrogens (tertiary/aromatic N) is 1. The van der Waals surface area contributed by atoms with Crippen LogP contribution in [0.1, 0.15) is 45.1 Å². The van der Waals surface area contributed by atoms with Crippen LogP contribution in [0.3, 0.4) is 0 Å². The first-order valence-corrected chi connectivity index (χ1v) is 8.85. The molecule has 1 aliphatic heterocycles. The topological polar surface area (TPSA) is 55.6 Å². The van der Waals surface area contributed by atoms with E-state index in [9.17, 15) is 4.79 Å². The monoisotopic (exact) mass is 318 g/mol. The van der Waals surface area contributed by atoms with Gasteiger partial charge in [-0.2, -0.15) is 0 Å². The third-order valence-corrected chi connectivity index (χ3v) is 4.66. The van der Waals surface area contributed by atoms with Crippen LogP contribution < -0.4 is 10.5 Å². The van der Waals surface area contributed by atoms with Crippen LogP contribution in [-0.2, 0) is 11.2 Å². The minimum atomic E-state index is 0.237. The Labute approximate surface area is 140 Å². The average Bonchev–Trinajstić information content (AvgIpc) is 2.58. The lowest BCUT2D eigenvalue weighted by Crippen LogP contribution is -2.42. The Balaban J connectivity index is 1.74. The molecule has 0 radical (unpaired) electrons. The number of hydrogen-bond acceptors (Lipinski definition) is 3. The molecule has 1 aliphatic rings. The zero-order chi connectivity index (χ0) is 16.7. The number of nitrogens with two attached hydrogens (primary N) is 1. The molecular weight excluding hydrogens is 288 g/mol. The normalized spacial score (nSPS) is 17.1. The fourth-order valence-electron chi connectivity index (χ4n) is 3.06. The van der Waals surface area contributed by atoms with E-state index in [4.69, 9.17) is 10.5 Å². The second kappa shape index (κ2) is 8.92. The van der Waals surface area contributed by atoms with Crippen LogP contribution in [0.2, 0.25) is 0 Å². The maximum atomic E-state index is 12.3. The molecule has 2 N–H and O–H groups in total. The molecule has 1 aromatic carbocycles. The highest BCUT2D eigenvalue weighted by atomic mass is 16.5. The summed E-state index contributed by atoms with van der Waals surface area (Å²) >= 11 is 0. The lowest BCUT2D eigenvalue weighted by atomic mass is 9.91. The van der Waals surface area contributed by atoms with E-state index >= 15 is 0 Å². The SMILES string of the molecule is CCCOc1ccc(CCC(=O)N2CCC(C(C)N)CC2)cc1. The van der Waals surface area contributed by atoms with Gasteiger partial charge in [-0.05, 0) is 56.2 Å². The van der Waals surface area contributed by atoms with Gasteiger partial charge in [0.05, 0.1) is 6.61 Å². The first kappa shape index (κ1) is 17.8. The quantitative estimate of drug-likeness (QED) is 0.841. The molecule has 0 saturated carbocycles. The smallest absolute Gasteiger partial charge is 0.222 e. The molecule has 1 amide bonds. The van der Waals surface area contributed by atoms with Crippen molar-refractivity contribution in [2.75, 3.05) is 19.7 Å². The maximum Gasteiger partial charge on any atom is 0.222 e. The van der Waals surface area contributed by atoms with E-state index in [1.165, 1.54) is 5.56 Å². The molecule has 1 aromatic rings. The standard InChI is InChI=1S/C19H30N2O2/c1-3-14-23-18-7-4-16(5-8-18)6-9-19(22)21-12-10-17(11-13-21)15(2)20/h4-5,7-8,15,17H,3,6,9-14,20H2,1-2H3. The molecule has 4 heteroatoms. The molecule has 128 valence electrons. The molecule has 4 nitrogen and oxygen atoms in total. The molecular formula is C19H30N2O2. The number of likely N-dealkylation sites (tertiary alicyclic amines) is 1. The number of benzene rings is 1. The van der Waals surface area contributed by atoms with Gasteiger partial charge >= 0.3 is 0 Å². The molecule has 1 heterocycles.